The molecule has 0 unspecified atom stereocenters. The third-order valence-corrected chi connectivity index (χ3v) is 6.14. The molecule has 1 aliphatic carbocycles. The molecule has 4 rings (SSSR count). The highest BCUT2D eigenvalue weighted by molar-refractivity contribution is 5.90. The van der Waals surface area contributed by atoms with E-state index in [0.29, 0.717) is 5.82 Å². The molecule has 162 valence electrons. The van der Waals surface area contributed by atoms with Crippen LogP contribution < -0.4 is 15.5 Å². The van der Waals surface area contributed by atoms with Gasteiger partial charge >= 0.3 is 0 Å². The molecule has 2 aliphatic rings. The summed E-state index contributed by atoms with van der Waals surface area (Å²) in [6.45, 7) is 8.72. The third-order valence-electron chi connectivity index (χ3n) is 6.14. The molecule has 1 amide bonds. The minimum atomic E-state index is -0.568. The topological polar surface area (TPSA) is 101 Å². The molecule has 31 heavy (non-hydrogen) atoms. The molecular formula is C23H29N7O. The van der Waals surface area contributed by atoms with Gasteiger partial charge in [0.1, 0.15) is 11.5 Å². The molecule has 2 aromatic heterocycles. The Balaban J connectivity index is 1.49. The average molecular weight is 420 g/mol. The van der Waals surface area contributed by atoms with E-state index in [1.807, 2.05) is 0 Å². The van der Waals surface area contributed by atoms with E-state index in [2.05, 4.69) is 69.0 Å². The Bertz CT molecular complexity index is 1050. The highest BCUT2D eigenvalue weighted by atomic mass is 16.1. The number of primary amides is 1. The Hall–Kier alpha value is -3.29. The summed E-state index contributed by atoms with van der Waals surface area (Å²) < 4.78 is 0. The second-order valence-electron chi connectivity index (χ2n) is 8.27. The van der Waals surface area contributed by atoms with Crippen LogP contribution in [0, 0.1) is 13.8 Å². The maximum absolute atomic E-state index is 11.4. The average Bonchev–Trinajstić information content (AvgIpc) is 2.78. The predicted octanol–water partition coefficient (Wildman–Crippen LogP) is 2.52. The summed E-state index contributed by atoms with van der Waals surface area (Å²) in [5, 5.41) is 9.20. The molecule has 0 aromatic carbocycles. The Kier molecular flexibility index (Phi) is 5.97. The van der Waals surface area contributed by atoms with Crippen LogP contribution in [0.5, 0.6) is 0 Å². The number of piperazine rings is 1. The van der Waals surface area contributed by atoms with Gasteiger partial charge in [-0.1, -0.05) is 18.2 Å². The van der Waals surface area contributed by atoms with Crippen molar-refractivity contribution in [1.82, 2.24) is 20.2 Å². The summed E-state index contributed by atoms with van der Waals surface area (Å²) in [5.74, 6) is 1.05. The zero-order valence-corrected chi connectivity index (χ0v) is 18.4. The second kappa shape index (κ2) is 8.83. The molecule has 1 aliphatic heterocycles. The van der Waals surface area contributed by atoms with Gasteiger partial charge in [0.2, 0.25) is 0 Å². The van der Waals surface area contributed by atoms with Gasteiger partial charge < -0.3 is 15.5 Å². The van der Waals surface area contributed by atoms with Crippen molar-refractivity contribution in [3.63, 3.8) is 0 Å². The lowest BCUT2D eigenvalue weighted by molar-refractivity contribution is 0.0995. The van der Waals surface area contributed by atoms with Gasteiger partial charge in [-0.05, 0) is 50.3 Å². The maximum atomic E-state index is 11.4. The van der Waals surface area contributed by atoms with E-state index in [-0.39, 0.29) is 11.7 Å². The van der Waals surface area contributed by atoms with Gasteiger partial charge in [0.25, 0.3) is 5.91 Å². The fourth-order valence-corrected chi connectivity index (χ4v) is 4.21. The molecule has 1 saturated heterocycles. The molecule has 2 aromatic rings. The summed E-state index contributed by atoms with van der Waals surface area (Å²) >= 11 is 0. The minimum Gasteiger partial charge on any atom is -0.364 e. The van der Waals surface area contributed by atoms with E-state index >= 15 is 0 Å². The lowest BCUT2D eigenvalue weighted by Crippen LogP contribution is -2.53. The van der Waals surface area contributed by atoms with Gasteiger partial charge in [0.05, 0.1) is 18.1 Å². The number of amides is 1. The van der Waals surface area contributed by atoms with Crippen molar-refractivity contribution < 1.29 is 4.79 Å². The quantitative estimate of drug-likeness (QED) is 0.794. The van der Waals surface area contributed by atoms with Crippen LogP contribution in [0.4, 0.5) is 11.6 Å². The number of anilines is 2. The molecule has 1 fully saturated rings. The molecular weight excluding hydrogens is 390 g/mol. The first-order valence-corrected chi connectivity index (χ1v) is 10.8. The first-order valence-electron chi connectivity index (χ1n) is 10.8. The van der Waals surface area contributed by atoms with Crippen LogP contribution in [0.2, 0.25) is 0 Å². The molecule has 1 atom stereocenters. The normalized spacial score (nSPS) is 18.8. The lowest BCUT2D eigenvalue weighted by atomic mass is 9.99. The van der Waals surface area contributed by atoms with Crippen molar-refractivity contribution in [1.29, 1.82) is 0 Å². The number of hydrogen-bond acceptors (Lipinski definition) is 7. The molecule has 0 spiro atoms. The molecule has 3 heterocycles. The predicted molar refractivity (Wildman–Crippen MR) is 121 cm³/mol. The fraction of sp³-hybridized carbons (Fsp3) is 0.435. The summed E-state index contributed by atoms with van der Waals surface area (Å²) in [4.78, 5) is 24.4. The number of hydrogen-bond donors (Lipinski definition) is 1. The first-order chi connectivity index (χ1) is 14.9. The van der Waals surface area contributed by atoms with Gasteiger partial charge in [0, 0.05) is 32.1 Å². The fourth-order valence-electron chi connectivity index (χ4n) is 4.21. The van der Waals surface area contributed by atoms with Crippen molar-refractivity contribution in [3.8, 4) is 0 Å². The number of rotatable bonds is 5. The monoisotopic (exact) mass is 419 g/mol. The number of nitrogens with two attached hydrogens (primary N) is 1. The number of allylic oxidation sites excluding steroid dienone is 4. The van der Waals surface area contributed by atoms with Crippen LogP contribution >= 0.6 is 0 Å². The standard InChI is InChI=1S/C23H29N7O/c1-15-14-29(9-10-30(15)21-13-25-12-20(26-21)22(24)31)23-17(3)16(2)19(27-28-23)11-18-7-5-4-6-8-18/h5,7-8,12-13,15H,4,6,9-11,14H2,1-3H3,(H2,24,31)/t15-/m1/s1. The Morgan fingerprint density at radius 3 is 2.71 bits per heavy atom. The summed E-state index contributed by atoms with van der Waals surface area (Å²) in [7, 11) is 0. The Morgan fingerprint density at radius 2 is 2.00 bits per heavy atom. The van der Waals surface area contributed by atoms with Crippen LogP contribution in [0.3, 0.4) is 0 Å². The van der Waals surface area contributed by atoms with Gasteiger partial charge in [-0.2, -0.15) is 5.10 Å². The van der Waals surface area contributed by atoms with Crippen molar-refractivity contribution in [2.45, 2.75) is 46.1 Å². The van der Waals surface area contributed by atoms with E-state index in [1.54, 1.807) is 6.20 Å². The number of aromatic nitrogens is 4. The van der Waals surface area contributed by atoms with Crippen molar-refractivity contribution in [2.75, 3.05) is 29.4 Å². The van der Waals surface area contributed by atoms with E-state index in [0.717, 1.165) is 50.4 Å². The number of carbonyl (C=O) groups is 1. The zero-order valence-electron chi connectivity index (χ0n) is 18.4. The van der Waals surface area contributed by atoms with Gasteiger partial charge in [0.15, 0.2) is 5.82 Å². The lowest BCUT2D eigenvalue weighted by Gasteiger charge is -2.41. The van der Waals surface area contributed by atoms with Gasteiger partial charge in [-0.25, -0.2) is 4.98 Å². The highest BCUT2D eigenvalue weighted by Gasteiger charge is 2.28. The zero-order chi connectivity index (χ0) is 22.0. The van der Waals surface area contributed by atoms with Crippen LogP contribution in [-0.4, -0.2) is 51.7 Å². The molecule has 8 nitrogen and oxygen atoms in total. The van der Waals surface area contributed by atoms with Crippen LogP contribution in [-0.2, 0) is 6.42 Å². The first kappa shape index (κ1) is 21.0. The minimum absolute atomic E-state index is 0.171. The highest BCUT2D eigenvalue weighted by Crippen LogP contribution is 2.27. The summed E-state index contributed by atoms with van der Waals surface area (Å²) in [6, 6.07) is 0.171. The Morgan fingerprint density at radius 1 is 1.16 bits per heavy atom. The number of nitrogens with zero attached hydrogens (tertiary/aromatic N) is 6. The van der Waals surface area contributed by atoms with Gasteiger partial charge in [-0.15, -0.1) is 5.10 Å². The van der Waals surface area contributed by atoms with E-state index in [4.69, 9.17) is 5.73 Å². The molecule has 0 radical (unpaired) electrons. The van der Waals surface area contributed by atoms with Crippen LogP contribution in [0.25, 0.3) is 0 Å². The molecule has 0 bridgehead atoms. The van der Waals surface area contributed by atoms with E-state index in [1.165, 1.54) is 22.9 Å². The molecule has 0 saturated carbocycles. The van der Waals surface area contributed by atoms with Crippen molar-refractivity contribution in [3.05, 3.63) is 58.7 Å². The van der Waals surface area contributed by atoms with Gasteiger partial charge in [-0.3, -0.25) is 9.78 Å². The number of carbonyl (C=O) groups excluding carboxylic acids is 1. The SMILES string of the molecule is Cc1c(CC2=CCCC=C2)nnc(N2CCN(c3cncc(C(N)=O)n3)[C@H](C)C2)c1C. The van der Waals surface area contributed by atoms with E-state index in [9.17, 15) is 4.79 Å². The van der Waals surface area contributed by atoms with E-state index < -0.39 is 5.91 Å². The summed E-state index contributed by atoms with van der Waals surface area (Å²) in [6.07, 6.45) is 12.8. The smallest absolute Gasteiger partial charge is 0.268 e. The summed E-state index contributed by atoms with van der Waals surface area (Å²) in [5.41, 5.74) is 10.3. The van der Waals surface area contributed by atoms with Crippen molar-refractivity contribution in [2.24, 2.45) is 5.73 Å². The van der Waals surface area contributed by atoms with Crippen LogP contribution in [0.1, 0.15) is 47.1 Å². The largest absolute Gasteiger partial charge is 0.364 e. The van der Waals surface area contributed by atoms with Crippen molar-refractivity contribution >= 4 is 17.5 Å². The third kappa shape index (κ3) is 4.42. The maximum Gasteiger partial charge on any atom is 0.268 e. The van der Waals surface area contributed by atoms with Crippen LogP contribution in [0.15, 0.2) is 36.2 Å². The second-order valence-corrected chi connectivity index (χ2v) is 8.27. The molecule has 2 N–H and O–H groups in total. The Labute approximate surface area is 182 Å². The molecule has 8 heteroatoms.